The molecule has 32 heavy (non-hydrogen) atoms. The van der Waals surface area contributed by atoms with E-state index in [0.717, 1.165) is 15.4 Å². The van der Waals surface area contributed by atoms with Crippen LogP contribution in [0.1, 0.15) is 22.3 Å². The molecule has 0 saturated carbocycles. The zero-order valence-electron chi connectivity index (χ0n) is 17.0. The van der Waals surface area contributed by atoms with Crippen molar-refractivity contribution >= 4 is 35.6 Å². The van der Waals surface area contributed by atoms with Gasteiger partial charge < -0.3 is 36.4 Å². The number of guanidine groups is 1. The van der Waals surface area contributed by atoms with Crippen molar-refractivity contribution in [3.8, 4) is 0 Å². The molecule has 2 rings (SSSR count). The zero-order chi connectivity index (χ0) is 23.8. The fraction of sp³-hybridized carbons (Fsp3) is 0.368. The minimum absolute atomic E-state index is 0.0521. The number of nitrogens with two attached hydrogens (primary N) is 1. The topological polar surface area (TPSA) is 206 Å². The maximum atomic E-state index is 12.6. The van der Waals surface area contributed by atoms with Crippen LogP contribution in [0.3, 0.4) is 0 Å². The number of amides is 3. The third-order valence-corrected chi connectivity index (χ3v) is 4.70. The number of rotatable bonds is 9. The molecule has 0 spiro atoms. The van der Waals surface area contributed by atoms with Crippen LogP contribution in [0.4, 0.5) is 0 Å². The van der Waals surface area contributed by atoms with Gasteiger partial charge in [-0.15, -0.1) is 0 Å². The van der Waals surface area contributed by atoms with Crippen molar-refractivity contribution in [1.29, 1.82) is 5.41 Å². The Bertz CT molecular complexity index is 917. The van der Waals surface area contributed by atoms with Gasteiger partial charge in [-0.1, -0.05) is 12.1 Å². The molecule has 13 nitrogen and oxygen atoms in total. The number of carbonyl (C=O) groups excluding carboxylic acids is 3. The summed E-state index contributed by atoms with van der Waals surface area (Å²) in [6.07, 6.45) is -0.676. The van der Waals surface area contributed by atoms with Gasteiger partial charge in [-0.2, -0.15) is 0 Å². The smallest absolute Gasteiger partial charge is 0.323 e. The van der Waals surface area contributed by atoms with E-state index in [9.17, 15) is 24.0 Å². The molecule has 1 aliphatic rings. The van der Waals surface area contributed by atoms with Gasteiger partial charge >= 0.3 is 11.9 Å². The van der Waals surface area contributed by atoms with Crippen LogP contribution in [0.15, 0.2) is 24.3 Å². The number of aliphatic carboxylic acids is 2. The minimum atomic E-state index is -1.35. The first-order chi connectivity index (χ1) is 15.1. The summed E-state index contributed by atoms with van der Waals surface area (Å²) in [5.41, 5.74) is 6.26. The number of carbonyl (C=O) groups is 5. The highest BCUT2D eigenvalue weighted by Crippen LogP contribution is 2.15. The molecule has 1 aromatic rings. The van der Waals surface area contributed by atoms with E-state index in [1.165, 1.54) is 12.1 Å². The Balaban J connectivity index is 1.98. The predicted molar refractivity (Wildman–Crippen MR) is 109 cm³/mol. The Morgan fingerprint density at radius 3 is 2.28 bits per heavy atom. The maximum absolute atomic E-state index is 12.6. The summed E-state index contributed by atoms with van der Waals surface area (Å²) in [4.78, 5) is 61.5. The second-order valence-electron chi connectivity index (χ2n) is 7.00. The van der Waals surface area contributed by atoms with Gasteiger partial charge in [0.1, 0.15) is 12.6 Å². The number of nitrogens with zero attached hydrogens (tertiary/aromatic N) is 2. The normalized spacial score (nSPS) is 15.8. The van der Waals surface area contributed by atoms with Gasteiger partial charge in [0.15, 0.2) is 5.96 Å². The standard InChI is InChI=1S/C19H24N6O7/c20-19(21)23-8-11-1-3-12(4-2-11)17(31)22-9-14(26)25-6-5-24(10-16(29)30)18(32)13(25)7-15(27)28/h1-4,13H,5-10H2,(H,22,31)(H,27,28)(H,29,30)(H4,20,21,23)/t13-/m0/s1. The van der Waals surface area contributed by atoms with Crippen LogP contribution in [0, 0.1) is 5.41 Å². The van der Waals surface area contributed by atoms with E-state index >= 15 is 0 Å². The van der Waals surface area contributed by atoms with Crippen molar-refractivity contribution < 1.29 is 34.2 Å². The highest BCUT2D eigenvalue weighted by atomic mass is 16.4. The number of hydrogen-bond acceptors (Lipinski definition) is 6. The number of piperazine rings is 1. The van der Waals surface area contributed by atoms with Crippen LogP contribution >= 0.6 is 0 Å². The van der Waals surface area contributed by atoms with Gasteiger partial charge in [0.2, 0.25) is 11.8 Å². The van der Waals surface area contributed by atoms with Crippen molar-refractivity contribution in [2.24, 2.45) is 5.73 Å². The fourth-order valence-corrected chi connectivity index (χ4v) is 3.15. The molecular formula is C19H24N6O7. The molecule has 1 atom stereocenters. The van der Waals surface area contributed by atoms with Crippen molar-refractivity contribution in [3.05, 3.63) is 35.4 Å². The molecule has 1 aliphatic heterocycles. The Morgan fingerprint density at radius 2 is 1.72 bits per heavy atom. The summed E-state index contributed by atoms with van der Waals surface area (Å²) in [5, 5.41) is 30.2. The summed E-state index contributed by atoms with van der Waals surface area (Å²) in [5.74, 6) is -4.72. The Morgan fingerprint density at radius 1 is 1.06 bits per heavy atom. The first-order valence-corrected chi connectivity index (χ1v) is 9.55. The minimum Gasteiger partial charge on any atom is -0.481 e. The number of benzene rings is 1. The molecule has 13 heteroatoms. The van der Waals surface area contributed by atoms with Crippen LogP contribution < -0.4 is 16.4 Å². The number of carboxylic acid groups (broad SMARTS) is 2. The maximum Gasteiger partial charge on any atom is 0.323 e. The molecule has 0 aromatic heterocycles. The van der Waals surface area contributed by atoms with Crippen molar-refractivity contribution in [2.75, 3.05) is 26.2 Å². The van der Waals surface area contributed by atoms with Gasteiger partial charge in [-0.25, -0.2) is 0 Å². The van der Waals surface area contributed by atoms with Crippen LogP contribution in [-0.4, -0.2) is 87.9 Å². The SMILES string of the molecule is N=C(N)NCc1ccc(C(=O)NCC(=O)N2CCN(CC(=O)O)C(=O)[C@@H]2CC(=O)O)cc1. The van der Waals surface area contributed by atoms with Gasteiger partial charge in [0.05, 0.1) is 13.0 Å². The molecule has 7 N–H and O–H groups in total. The number of hydrogen-bond donors (Lipinski definition) is 6. The largest absolute Gasteiger partial charge is 0.481 e. The predicted octanol–water partition coefficient (Wildman–Crippen LogP) is -2.00. The molecule has 0 bridgehead atoms. The molecular weight excluding hydrogens is 424 g/mol. The first-order valence-electron chi connectivity index (χ1n) is 9.55. The fourth-order valence-electron chi connectivity index (χ4n) is 3.15. The summed E-state index contributed by atoms with van der Waals surface area (Å²) < 4.78 is 0. The highest BCUT2D eigenvalue weighted by molar-refractivity contribution is 5.98. The number of carboxylic acids is 2. The molecule has 0 radical (unpaired) electrons. The van der Waals surface area contributed by atoms with E-state index in [0.29, 0.717) is 6.54 Å². The van der Waals surface area contributed by atoms with Crippen molar-refractivity contribution in [2.45, 2.75) is 19.0 Å². The van der Waals surface area contributed by atoms with E-state index in [1.54, 1.807) is 12.1 Å². The lowest BCUT2D eigenvalue weighted by molar-refractivity contribution is -0.157. The molecule has 3 amide bonds. The Labute approximate surface area is 182 Å². The van der Waals surface area contributed by atoms with Gasteiger partial charge in [-0.05, 0) is 17.7 Å². The van der Waals surface area contributed by atoms with Crippen LogP contribution in [0.25, 0.3) is 0 Å². The molecule has 1 heterocycles. The second-order valence-corrected chi connectivity index (χ2v) is 7.00. The van der Waals surface area contributed by atoms with Crippen molar-refractivity contribution in [1.82, 2.24) is 20.4 Å². The molecule has 1 aromatic carbocycles. The Kier molecular flexibility index (Phi) is 8.10. The van der Waals surface area contributed by atoms with Crippen LogP contribution in [-0.2, 0) is 25.7 Å². The molecule has 1 saturated heterocycles. The molecule has 172 valence electrons. The van der Waals surface area contributed by atoms with Gasteiger partial charge in [0, 0.05) is 25.2 Å². The second kappa shape index (κ2) is 10.7. The summed E-state index contributed by atoms with van der Waals surface area (Å²) in [6, 6.07) is 5.00. The lowest BCUT2D eigenvalue weighted by Crippen LogP contribution is -2.61. The quantitative estimate of drug-likeness (QED) is 0.182. The van der Waals surface area contributed by atoms with Gasteiger partial charge in [-0.3, -0.25) is 29.4 Å². The van der Waals surface area contributed by atoms with E-state index in [2.05, 4.69) is 10.6 Å². The third kappa shape index (κ3) is 6.68. The van der Waals surface area contributed by atoms with E-state index in [-0.39, 0.29) is 24.6 Å². The number of nitrogens with one attached hydrogen (secondary N) is 3. The summed E-state index contributed by atoms with van der Waals surface area (Å²) >= 11 is 0. The van der Waals surface area contributed by atoms with Gasteiger partial charge in [0.25, 0.3) is 5.91 Å². The average Bonchev–Trinajstić information content (AvgIpc) is 2.73. The third-order valence-electron chi connectivity index (χ3n) is 4.70. The molecule has 1 fully saturated rings. The van der Waals surface area contributed by atoms with Crippen molar-refractivity contribution in [3.63, 3.8) is 0 Å². The lowest BCUT2D eigenvalue weighted by atomic mass is 10.1. The zero-order valence-corrected chi connectivity index (χ0v) is 17.0. The monoisotopic (exact) mass is 448 g/mol. The van der Waals surface area contributed by atoms with E-state index < -0.39 is 55.2 Å². The molecule has 0 unspecified atom stereocenters. The summed E-state index contributed by atoms with van der Waals surface area (Å²) in [7, 11) is 0. The highest BCUT2D eigenvalue weighted by Gasteiger charge is 2.39. The molecule has 0 aliphatic carbocycles. The summed E-state index contributed by atoms with van der Waals surface area (Å²) in [6.45, 7) is -0.858. The van der Waals surface area contributed by atoms with E-state index in [1.807, 2.05) is 0 Å². The lowest BCUT2D eigenvalue weighted by Gasteiger charge is -2.39. The van der Waals surface area contributed by atoms with Crippen LogP contribution in [0.5, 0.6) is 0 Å². The van der Waals surface area contributed by atoms with E-state index in [4.69, 9.17) is 21.4 Å². The average molecular weight is 448 g/mol. The first kappa shape index (κ1) is 24.1. The van der Waals surface area contributed by atoms with Crippen LogP contribution in [0.2, 0.25) is 0 Å². The Hall–Kier alpha value is -4.16.